The first-order valence-electron chi connectivity index (χ1n) is 8.23. The second-order valence-corrected chi connectivity index (χ2v) is 6.27. The largest absolute Gasteiger partial charge is 0.494 e. The number of benzene rings is 1. The van der Waals surface area contributed by atoms with Crippen molar-refractivity contribution in [2.75, 3.05) is 33.4 Å². The summed E-state index contributed by atoms with van der Waals surface area (Å²) in [4.78, 5) is 2.41. The van der Waals surface area contributed by atoms with Crippen LogP contribution in [0.5, 0.6) is 5.75 Å². The van der Waals surface area contributed by atoms with E-state index in [4.69, 9.17) is 9.47 Å². The van der Waals surface area contributed by atoms with E-state index >= 15 is 0 Å². The average molecular weight is 307 g/mol. The van der Waals surface area contributed by atoms with E-state index in [2.05, 4.69) is 24.0 Å². The van der Waals surface area contributed by atoms with Gasteiger partial charge < -0.3 is 14.6 Å². The molecule has 2 atom stereocenters. The van der Waals surface area contributed by atoms with Crippen molar-refractivity contribution >= 4 is 0 Å². The molecule has 1 fully saturated rings. The molecule has 1 N–H and O–H groups in total. The zero-order valence-corrected chi connectivity index (χ0v) is 14.0. The van der Waals surface area contributed by atoms with Crippen LogP contribution in [-0.4, -0.2) is 49.0 Å². The molecule has 22 heavy (non-hydrogen) atoms. The van der Waals surface area contributed by atoms with Gasteiger partial charge in [-0.25, -0.2) is 0 Å². The Hall–Kier alpha value is -1.10. The quantitative estimate of drug-likeness (QED) is 0.841. The predicted molar refractivity (Wildman–Crippen MR) is 88.1 cm³/mol. The maximum Gasteiger partial charge on any atom is 0.123 e. The van der Waals surface area contributed by atoms with Crippen molar-refractivity contribution < 1.29 is 14.6 Å². The van der Waals surface area contributed by atoms with Crippen LogP contribution in [0.2, 0.25) is 0 Å². The first-order chi connectivity index (χ1) is 10.6. The molecule has 0 aromatic heterocycles. The second-order valence-electron chi connectivity index (χ2n) is 6.27. The Kier molecular flexibility index (Phi) is 6.24. The van der Waals surface area contributed by atoms with Crippen LogP contribution in [0.4, 0.5) is 0 Å². The minimum atomic E-state index is -0.591. The van der Waals surface area contributed by atoms with Crippen molar-refractivity contribution in [2.45, 2.75) is 38.8 Å². The Labute approximate surface area is 134 Å². The molecule has 1 aliphatic heterocycles. The van der Waals surface area contributed by atoms with Crippen molar-refractivity contribution in [1.82, 2.24) is 4.90 Å². The van der Waals surface area contributed by atoms with E-state index in [-0.39, 0.29) is 5.92 Å². The van der Waals surface area contributed by atoms with Crippen LogP contribution in [0, 0.1) is 5.92 Å². The molecule has 1 aromatic rings. The molecule has 1 saturated heterocycles. The number of nitrogens with zero attached hydrogens (tertiary/aromatic N) is 1. The highest BCUT2D eigenvalue weighted by atomic mass is 16.5. The minimum absolute atomic E-state index is 0.246. The van der Waals surface area contributed by atoms with E-state index in [1.54, 1.807) is 7.11 Å². The number of aliphatic hydroxyl groups is 1. The topological polar surface area (TPSA) is 41.9 Å². The Balaban J connectivity index is 1.96. The van der Waals surface area contributed by atoms with Gasteiger partial charge in [0.25, 0.3) is 0 Å². The van der Waals surface area contributed by atoms with Gasteiger partial charge in [-0.2, -0.15) is 0 Å². The number of ether oxygens (including phenoxy) is 2. The van der Waals surface area contributed by atoms with Crippen LogP contribution < -0.4 is 4.74 Å². The van der Waals surface area contributed by atoms with Gasteiger partial charge in [-0.15, -0.1) is 0 Å². The standard InChI is InChI=1S/C18H29NO3/c1-4-22-17-8-6-5-7-16(17)14-19-11-9-18(20,10-12-21-3)15(2)13-19/h5-8,15,20H,4,9-14H2,1-3H3/t15-,18-/m1/s1. The number of hydrogen-bond donors (Lipinski definition) is 1. The lowest BCUT2D eigenvalue weighted by atomic mass is 9.80. The summed E-state index contributed by atoms with van der Waals surface area (Å²) in [6, 6.07) is 8.22. The van der Waals surface area contributed by atoms with E-state index < -0.39 is 5.60 Å². The lowest BCUT2D eigenvalue weighted by Crippen LogP contribution is -2.51. The molecule has 0 bridgehead atoms. The molecule has 0 radical (unpaired) electrons. The molecular formula is C18H29NO3. The van der Waals surface area contributed by atoms with Crippen LogP contribution in [0.25, 0.3) is 0 Å². The third-order valence-corrected chi connectivity index (χ3v) is 4.72. The third-order valence-electron chi connectivity index (χ3n) is 4.72. The smallest absolute Gasteiger partial charge is 0.123 e. The van der Waals surface area contributed by atoms with Crippen LogP contribution in [0.3, 0.4) is 0 Å². The van der Waals surface area contributed by atoms with Gasteiger partial charge in [0.1, 0.15) is 5.75 Å². The van der Waals surface area contributed by atoms with Gasteiger partial charge in [0.2, 0.25) is 0 Å². The van der Waals surface area contributed by atoms with Crippen molar-refractivity contribution in [3.05, 3.63) is 29.8 Å². The van der Waals surface area contributed by atoms with Crippen LogP contribution in [0.1, 0.15) is 32.3 Å². The Morgan fingerprint density at radius 3 is 2.82 bits per heavy atom. The molecule has 0 saturated carbocycles. The summed E-state index contributed by atoms with van der Waals surface area (Å²) in [7, 11) is 1.69. The second kappa shape index (κ2) is 7.95. The zero-order chi connectivity index (χ0) is 16.0. The zero-order valence-electron chi connectivity index (χ0n) is 14.0. The van der Waals surface area contributed by atoms with E-state index in [9.17, 15) is 5.11 Å². The highest BCUT2D eigenvalue weighted by Gasteiger charge is 2.38. The predicted octanol–water partition coefficient (Wildman–Crippen LogP) is 2.69. The van der Waals surface area contributed by atoms with Crippen molar-refractivity contribution in [3.63, 3.8) is 0 Å². The van der Waals surface area contributed by atoms with Gasteiger partial charge in [0.15, 0.2) is 0 Å². The van der Waals surface area contributed by atoms with E-state index in [1.807, 2.05) is 19.1 Å². The summed E-state index contributed by atoms with van der Waals surface area (Å²) < 4.78 is 10.8. The average Bonchev–Trinajstić information content (AvgIpc) is 2.51. The Bertz CT molecular complexity index is 465. The Morgan fingerprint density at radius 2 is 2.14 bits per heavy atom. The molecular weight excluding hydrogens is 278 g/mol. The molecule has 2 rings (SSSR count). The van der Waals surface area contributed by atoms with Crippen molar-refractivity contribution in [3.8, 4) is 5.75 Å². The van der Waals surface area contributed by atoms with Gasteiger partial charge in [-0.1, -0.05) is 25.1 Å². The summed E-state index contributed by atoms with van der Waals surface area (Å²) in [6.07, 6.45) is 1.52. The summed E-state index contributed by atoms with van der Waals surface area (Å²) in [5, 5.41) is 10.8. The van der Waals surface area contributed by atoms with Gasteiger partial charge >= 0.3 is 0 Å². The normalized spacial score (nSPS) is 26.1. The van der Waals surface area contributed by atoms with Gasteiger partial charge in [-0.3, -0.25) is 4.90 Å². The van der Waals surface area contributed by atoms with Crippen LogP contribution in [-0.2, 0) is 11.3 Å². The first-order valence-corrected chi connectivity index (χ1v) is 8.23. The van der Waals surface area contributed by atoms with Gasteiger partial charge in [0, 0.05) is 38.9 Å². The lowest BCUT2D eigenvalue weighted by Gasteiger charge is -2.43. The molecule has 1 aromatic carbocycles. The number of para-hydroxylation sites is 1. The van der Waals surface area contributed by atoms with E-state index in [0.29, 0.717) is 19.6 Å². The maximum absolute atomic E-state index is 10.8. The highest BCUT2D eigenvalue weighted by molar-refractivity contribution is 5.33. The number of hydrogen-bond acceptors (Lipinski definition) is 4. The fourth-order valence-electron chi connectivity index (χ4n) is 3.21. The highest BCUT2D eigenvalue weighted by Crippen LogP contribution is 2.32. The number of likely N-dealkylation sites (tertiary alicyclic amines) is 1. The molecule has 0 aliphatic carbocycles. The summed E-state index contributed by atoms with van der Waals surface area (Å²) >= 11 is 0. The number of methoxy groups -OCH3 is 1. The lowest BCUT2D eigenvalue weighted by molar-refractivity contribution is -0.0828. The first kappa shape index (κ1) is 17.3. The molecule has 0 spiro atoms. The van der Waals surface area contributed by atoms with Gasteiger partial charge in [0.05, 0.1) is 12.2 Å². The van der Waals surface area contributed by atoms with Crippen LogP contribution in [0.15, 0.2) is 24.3 Å². The van der Waals surface area contributed by atoms with E-state index in [1.165, 1.54) is 5.56 Å². The van der Waals surface area contributed by atoms with Gasteiger partial charge in [-0.05, 0) is 31.7 Å². The SMILES string of the molecule is CCOc1ccccc1CN1CC[C@@](O)(CCOC)[C@H](C)C1. The molecule has 0 amide bonds. The molecule has 0 unspecified atom stereocenters. The monoisotopic (exact) mass is 307 g/mol. The third kappa shape index (κ3) is 4.22. The molecule has 4 heteroatoms. The molecule has 4 nitrogen and oxygen atoms in total. The van der Waals surface area contributed by atoms with Crippen molar-refractivity contribution in [2.24, 2.45) is 5.92 Å². The molecule has 124 valence electrons. The fraction of sp³-hybridized carbons (Fsp3) is 0.667. The minimum Gasteiger partial charge on any atom is -0.494 e. The summed E-state index contributed by atoms with van der Waals surface area (Å²) in [5.41, 5.74) is 0.630. The van der Waals surface area contributed by atoms with E-state index in [0.717, 1.165) is 31.8 Å². The number of piperidine rings is 1. The summed E-state index contributed by atoms with van der Waals surface area (Å²) in [6.45, 7) is 8.14. The Morgan fingerprint density at radius 1 is 1.36 bits per heavy atom. The van der Waals surface area contributed by atoms with Crippen LogP contribution >= 0.6 is 0 Å². The summed E-state index contributed by atoms with van der Waals surface area (Å²) in [5.74, 6) is 1.22. The number of rotatable bonds is 7. The molecule has 1 heterocycles. The maximum atomic E-state index is 10.8. The fourth-order valence-corrected chi connectivity index (χ4v) is 3.21. The van der Waals surface area contributed by atoms with Crippen molar-refractivity contribution in [1.29, 1.82) is 0 Å². The molecule has 1 aliphatic rings.